The summed E-state index contributed by atoms with van der Waals surface area (Å²) >= 11 is 7.27. The smallest absolute Gasteiger partial charge is 0.338 e. The molecule has 0 aliphatic carbocycles. The molecule has 3 aromatic rings. The molecule has 0 saturated heterocycles. The Balaban J connectivity index is 1.96. The number of allylic oxidation sites excluding steroid dienone is 1. The molecular formula is C22H17ClN2O4S. The van der Waals surface area contributed by atoms with Crippen LogP contribution in [0.5, 0.6) is 5.75 Å². The average Bonchev–Trinajstić information content (AvgIpc) is 3.03. The van der Waals surface area contributed by atoms with Crippen LogP contribution in [0.1, 0.15) is 24.1 Å². The van der Waals surface area contributed by atoms with Gasteiger partial charge in [-0.05, 0) is 48.4 Å². The second-order valence-corrected chi connectivity index (χ2v) is 8.16. The Labute approximate surface area is 180 Å². The first-order valence-corrected chi connectivity index (χ1v) is 10.2. The molecule has 0 saturated carbocycles. The molecular weight excluding hydrogens is 424 g/mol. The van der Waals surface area contributed by atoms with Gasteiger partial charge in [-0.1, -0.05) is 47.2 Å². The SMILES string of the molecule is COC(=O)C1=C(C)N=c2s/c(=C\c3ccc(O)cc3)c(=O)n2[C@@H]1c1ccc(Cl)cc1. The number of carbonyl (C=O) groups excluding carboxylic acids is 1. The zero-order valence-corrected chi connectivity index (χ0v) is 17.7. The topological polar surface area (TPSA) is 80.9 Å². The lowest BCUT2D eigenvalue weighted by Gasteiger charge is -2.24. The molecule has 0 radical (unpaired) electrons. The van der Waals surface area contributed by atoms with Crippen molar-refractivity contribution < 1.29 is 14.6 Å². The van der Waals surface area contributed by atoms with Crippen LogP contribution in [-0.4, -0.2) is 22.8 Å². The number of phenols is 1. The lowest BCUT2D eigenvalue weighted by Crippen LogP contribution is -2.39. The second kappa shape index (κ2) is 7.93. The van der Waals surface area contributed by atoms with Crippen molar-refractivity contribution in [1.82, 2.24) is 4.57 Å². The van der Waals surface area contributed by atoms with E-state index in [1.165, 1.54) is 23.0 Å². The highest BCUT2D eigenvalue weighted by atomic mass is 35.5. The van der Waals surface area contributed by atoms with Crippen LogP contribution in [0.25, 0.3) is 6.08 Å². The first-order chi connectivity index (χ1) is 14.4. The Hall–Kier alpha value is -3.16. The molecule has 0 unspecified atom stereocenters. The number of aromatic nitrogens is 1. The van der Waals surface area contributed by atoms with Gasteiger partial charge < -0.3 is 9.84 Å². The maximum atomic E-state index is 13.3. The molecule has 4 rings (SSSR count). The third-order valence-electron chi connectivity index (χ3n) is 4.80. The molecule has 1 aromatic heterocycles. The molecule has 0 spiro atoms. The third-order valence-corrected chi connectivity index (χ3v) is 6.04. The van der Waals surface area contributed by atoms with E-state index in [1.54, 1.807) is 61.5 Å². The predicted molar refractivity (Wildman–Crippen MR) is 115 cm³/mol. The van der Waals surface area contributed by atoms with Crippen LogP contribution in [0.2, 0.25) is 5.02 Å². The van der Waals surface area contributed by atoms with Crippen molar-refractivity contribution in [3.05, 3.63) is 95.6 Å². The highest BCUT2D eigenvalue weighted by Crippen LogP contribution is 2.31. The largest absolute Gasteiger partial charge is 0.508 e. The molecule has 1 atom stereocenters. The highest BCUT2D eigenvalue weighted by molar-refractivity contribution is 7.07. The summed E-state index contributed by atoms with van der Waals surface area (Å²) in [5, 5.41) is 10.0. The molecule has 1 N–H and O–H groups in total. The Morgan fingerprint density at radius 1 is 1.20 bits per heavy atom. The van der Waals surface area contributed by atoms with Crippen LogP contribution in [0.4, 0.5) is 0 Å². The quantitative estimate of drug-likeness (QED) is 0.635. The van der Waals surface area contributed by atoms with Crippen LogP contribution in [-0.2, 0) is 9.53 Å². The molecule has 6 nitrogen and oxygen atoms in total. The number of thiazole rings is 1. The Bertz CT molecular complexity index is 1340. The summed E-state index contributed by atoms with van der Waals surface area (Å²) in [5.41, 5.74) is 2.04. The van der Waals surface area contributed by atoms with E-state index in [1.807, 2.05) is 0 Å². The Kier molecular flexibility index (Phi) is 5.32. The maximum absolute atomic E-state index is 13.3. The number of hydrogen-bond donors (Lipinski definition) is 1. The van der Waals surface area contributed by atoms with Crippen molar-refractivity contribution in [2.45, 2.75) is 13.0 Å². The Morgan fingerprint density at radius 3 is 2.50 bits per heavy atom. The van der Waals surface area contributed by atoms with E-state index in [-0.39, 0.29) is 11.3 Å². The molecule has 1 aliphatic rings. The van der Waals surface area contributed by atoms with Crippen LogP contribution in [0.15, 0.2) is 69.6 Å². The van der Waals surface area contributed by atoms with E-state index in [9.17, 15) is 14.7 Å². The fourth-order valence-corrected chi connectivity index (χ4v) is 4.55. The monoisotopic (exact) mass is 440 g/mol. The van der Waals surface area contributed by atoms with E-state index in [0.29, 0.717) is 25.6 Å². The second-order valence-electron chi connectivity index (χ2n) is 6.72. The summed E-state index contributed by atoms with van der Waals surface area (Å²) in [6.07, 6.45) is 1.74. The minimum Gasteiger partial charge on any atom is -0.508 e. The van der Waals surface area contributed by atoms with Crippen LogP contribution < -0.4 is 14.9 Å². The zero-order valence-electron chi connectivity index (χ0n) is 16.1. The Morgan fingerprint density at radius 2 is 1.87 bits per heavy atom. The molecule has 30 heavy (non-hydrogen) atoms. The molecule has 0 bridgehead atoms. The lowest BCUT2D eigenvalue weighted by atomic mass is 9.96. The molecule has 2 heterocycles. The molecule has 2 aromatic carbocycles. The van der Waals surface area contributed by atoms with Gasteiger partial charge >= 0.3 is 5.97 Å². The normalized spacial score (nSPS) is 16.2. The maximum Gasteiger partial charge on any atom is 0.338 e. The van der Waals surface area contributed by atoms with Crippen LogP contribution in [0, 0.1) is 0 Å². The summed E-state index contributed by atoms with van der Waals surface area (Å²) in [5.74, 6) is -0.390. The minimum absolute atomic E-state index is 0.148. The van der Waals surface area contributed by atoms with Gasteiger partial charge in [-0.3, -0.25) is 9.36 Å². The van der Waals surface area contributed by atoms with Gasteiger partial charge in [0.05, 0.1) is 29.0 Å². The first kappa shape index (κ1) is 20.1. The van der Waals surface area contributed by atoms with E-state index in [4.69, 9.17) is 16.3 Å². The van der Waals surface area contributed by atoms with E-state index >= 15 is 0 Å². The fourth-order valence-electron chi connectivity index (χ4n) is 3.38. The summed E-state index contributed by atoms with van der Waals surface area (Å²) in [6, 6.07) is 12.9. The lowest BCUT2D eigenvalue weighted by molar-refractivity contribution is -0.136. The average molecular weight is 441 g/mol. The number of esters is 1. The molecule has 0 amide bonds. The summed E-state index contributed by atoms with van der Waals surface area (Å²) in [6.45, 7) is 1.73. The van der Waals surface area contributed by atoms with Gasteiger partial charge in [-0.15, -0.1) is 0 Å². The van der Waals surface area contributed by atoms with Gasteiger partial charge in [-0.2, -0.15) is 0 Å². The van der Waals surface area contributed by atoms with Gasteiger partial charge in [0, 0.05) is 5.02 Å². The first-order valence-electron chi connectivity index (χ1n) is 9.04. The highest BCUT2D eigenvalue weighted by Gasteiger charge is 2.32. The standard InChI is InChI=1S/C22H17ClN2O4S/c1-12-18(21(28)29-2)19(14-5-7-15(23)8-6-14)25-20(27)17(30-22(25)24-12)11-13-3-9-16(26)10-4-13/h3-11,19,26H,1-2H3/b17-11-/t19-/m1/s1. The van der Waals surface area contributed by atoms with Crippen molar-refractivity contribution >= 4 is 35.0 Å². The van der Waals surface area contributed by atoms with E-state index < -0.39 is 12.0 Å². The summed E-state index contributed by atoms with van der Waals surface area (Å²) in [4.78, 5) is 30.9. The summed E-state index contributed by atoms with van der Waals surface area (Å²) in [7, 11) is 1.30. The van der Waals surface area contributed by atoms with Gasteiger partial charge in [0.15, 0.2) is 4.80 Å². The van der Waals surface area contributed by atoms with E-state index in [0.717, 1.165) is 11.1 Å². The number of benzene rings is 2. The number of methoxy groups -OCH3 is 1. The molecule has 152 valence electrons. The number of halogens is 1. The predicted octanol–water partition coefficient (Wildman–Crippen LogP) is 2.77. The number of carbonyl (C=O) groups is 1. The number of ether oxygens (including phenoxy) is 1. The number of aromatic hydroxyl groups is 1. The van der Waals surface area contributed by atoms with Crippen molar-refractivity contribution in [2.24, 2.45) is 4.99 Å². The number of fused-ring (bicyclic) bond motifs is 1. The van der Waals surface area contributed by atoms with Gasteiger partial charge in [0.2, 0.25) is 0 Å². The summed E-state index contributed by atoms with van der Waals surface area (Å²) < 4.78 is 6.96. The zero-order chi connectivity index (χ0) is 21.4. The van der Waals surface area contributed by atoms with Crippen molar-refractivity contribution in [3.63, 3.8) is 0 Å². The number of hydrogen-bond acceptors (Lipinski definition) is 6. The number of nitrogens with zero attached hydrogens (tertiary/aromatic N) is 2. The van der Waals surface area contributed by atoms with Gasteiger partial charge in [0.25, 0.3) is 5.56 Å². The number of phenolic OH excluding ortho intramolecular Hbond substituents is 1. The molecule has 0 fully saturated rings. The molecule has 8 heteroatoms. The third kappa shape index (κ3) is 3.58. The van der Waals surface area contributed by atoms with Crippen molar-refractivity contribution in [1.29, 1.82) is 0 Å². The van der Waals surface area contributed by atoms with Gasteiger partial charge in [-0.25, -0.2) is 9.79 Å². The van der Waals surface area contributed by atoms with Crippen molar-refractivity contribution in [2.75, 3.05) is 7.11 Å². The van der Waals surface area contributed by atoms with Gasteiger partial charge in [0.1, 0.15) is 5.75 Å². The number of rotatable bonds is 3. The molecule has 1 aliphatic heterocycles. The van der Waals surface area contributed by atoms with Crippen molar-refractivity contribution in [3.8, 4) is 5.75 Å². The minimum atomic E-state index is -0.673. The van der Waals surface area contributed by atoms with Crippen LogP contribution in [0.3, 0.4) is 0 Å². The van der Waals surface area contributed by atoms with E-state index in [2.05, 4.69) is 4.99 Å². The fraction of sp³-hybridized carbons (Fsp3) is 0.136. The van der Waals surface area contributed by atoms with Crippen LogP contribution >= 0.6 is 22.9 Å².